The number of hydrogen-bond acceptors (Lipinski definition) is 3. The fraction of sp³-hybridized carbons (Fsp3) is 0.348. The molecule has 0 saturated heterocycles. The monoisotopic (exact) mass is 364 g/mol. The van der Waals surface area contributed by atoms with Crippen LogP contribution < -0.4 is 10.1 Å². The summed E-state index contributed by atoms with van der Waals surface area (Å²) in [4.78, 5) is 15.3. The average molecular weight is 364 g/mol. The number of ether oxygens (including phenoxy) is 1. The summed E-state index contributed by atoms with van der Waals surface area (Å²) in [7, 11) is 0. The van der Waals surface area contributed by atoms with Crippen LogP contribution in [0.25, 0.3) is 0 Å². The highest BCUT2D eigenvalue weighted by molar-refractivity contribution is 6.02. The lowest BCUT2D eigenvalue weighted by molar-refractivity contribution is 0.0399. The molecule has 1 N–H and O–H groups in total. The predicted molar refractivity (Wildman–Crippen MR) is 110 cm³/mol. The molecule has 2 atom stereocenters. The van der Waals surface area contributed by atoms with E-state index in [1.54, 1.807) is 0 Å². The van der Waals surface area contributed by atoms with Gasteiger partial charge >= 0.3 is 0 Å². The van der Waals surface area contributed by atoms with Gasteiger partial charge in [0.2, 0.25) is 0 Å². The van der Waals surface area contributed by atoms with Gasteiger partial charge in [-0.3, -0.25) is 4.79 Å². The smallest absolute Gasteiger partial charge is 0.258 e. The van der Waals surface area contributed by atoms with E-state index in [1.807, 2.05) is 60.4 Å². The van der Waals surface area contributed by atoms with Gasteiger partial charge in [0.05, 0.1) is 5.56 Å². The van der Waals surface area contributed by atoms with E-state index in [1.165, 1.54) is 0 Å². The van der Waals surface area contributed by atoms with Gasteiger partial charge in [-0.15, -0.1) is 0 Å². The lowest BCUT2D eigenvalue weighted by Gasteiger charge is -2.49. The molecule has 27 heavy (non-hydrogen) atoms. The highest BCUT2D eigenvalue weighted by atomic mass is 16.5. The van der Waals surface area contributed by atoms with Crippen molar-refractivity contribution in [1.29, 1.82) is 0 Å². The van der Waals surface area contributed by atoms with Crippen LogP contribution in [0.15, 0.2) is 60.7 Å². The lowest BCUT2D eigenvalue weighted by Crippen LogP contribution is -2.58. The lowest BCUT2D eigenvalue weighted by atomic mass is 9.91. The second-order valence-corrected chi connectivity index (χ2v) is 7.45. The van der Waals surface area contributed by atoms with E-state index >= 15 is 0 Å². The van der Waals surface area contributed by atoms with Crippen LogP contribution in [0.2, 0.25) is 0 Å². The molecule has 142 valence electrons. The van der Waals surface area contributed by atoms with Crippen LogP contribution in [0.3, 0.4) is 0 Å². The number of amides is 1. The summed E-state index contributed by atoms with van der Waals surface area (Å²) < 4.78 is 5.83. The standard InChI is InChI=1S/C23H28N2O2/c1-6-17(4)25-22(26)20-12-7-8-13-21(20)24-23(25,5)18-10-9-11-19(14-18)27-15-16(2)3/h7-14,17,24H,2,6,15H2,1,3-5H3. The molecule has 0 fully saturated rings. The topological polar surface area (TPSA) is 41.6 Å². The molecule has 0 aliphatic carbocycles. The number of nitrogens with zero attached hydrogens (tertiary/aromatic N) is 1. The number of carbonyl (C=O) groups excluding carboxylic acids is 1. The summed E-state index contributed by atoms with van der Waals surface area (Å²) in [5.74, 6) is 0.823. The molecule has 3 rings (SSSR count). The van der Waals surface area contributed by atoms with E-state index in [4.69, 9.17) is 4.74 Å². The first-order valence-electron chi connectivity index (χ1n) is 9.45. The van der Waals surface area contributed by atoms with Gasteiger partial charge in [-0.25, -0.2) is 0 Å². The fourth-order valence-corrected chi connectivity index (χ4v) is 3.56. The molecule has 2 unspecified atom stereocenters. The van der Waals surface area contributed by atoms with Gasteiger partial charge in [-0.1, -0.05) is 37.8 Å². The number of anilines is 1. The van der Waals surface area contributed by atoms with Crippen molar-refractivity contribution in [3.05, 3.63) is 71.8 Å². The zero-order valence-corrected chi connectivity index (χ0v) is 16.6. The Morgan fingerprint density at radius 3 is 2.70 bits per heavy atom. The highest BCUT2D eigenvalue weighted by Gasteiger charge is 2.44. The van der Waals surface area contributed by atoms with Gasteiger partial charge in [-0.05, 0) is 57.0 Å². The molecular weight excluding hydrogens is 336 g/mol. The van der Waals surface area contributed by atoms with Crippen molar-refractivity contribution in [2.24, 2.45) is 0 Å². The third-order valence-electron chi connectivity index (χ3n) is 5.15. The fourth-order valence-electron chi connectivity index (χ4n) is 3.56. The zero-order valence-electron chi connectivity index (χ0n) is 16.6. The van der Waals surface area contributed by atoms with Gasteiger partial charge in [0, 0.05) is 17.3 Å². The van der Waals surface area contributed by atoms with Crippen LogP contribution >= 0.6 is 0 Å². The molecule has 1 heterocycles. The van der Waals surface area contributed by atoms with Crippen molar-refractivity contribution in [2.45, 2.75) is 45.8 Å². The molecule has 1 amide bonds. The molecule has 0 spiro atoms. The largest absolute Gasteiger partial charge is 0.489 e. The Balaban J connectivity index is 2.06. The van der Waals surface area contributed by atoms with E-state index in [0.29, 0.717) is 12.2 Å². The van der Waals surface area contributed by atoms with E-state index in [0.717, 1.165) is 29.0 Å². The van der Waals surface area contributed by atoms with Gasteiger partial charge in [-0.2, -0.15) is 0 Å². The number of hydrogen-bond donors (Lipinski definition) is 1. The van der Waals surface area contributed by atoms with Crippen molar-refractivity contribution in [3.63, 3.8) is 0 Å². The first kappa shape index (κ1) is 19.0. The van der Waals surface area contributed by atoms with Gasteiger partial charge < -0.3 is 15.0 Å². The summed E-state index contributed by atoms with van der Waals surface area (Å²) >= 11 is 0. The minimum Gasteiger partial charge on any atom is -0.489 e. The van der Waals surface area contributed by atoms with E-state index in [9.17, 15) is 4.79 Å². The molecule has 0 bridgehead atoms. The third kappa shape index (κ3) is 3.57. The van der Waals surface area contributed by atoms with Crippen LogP contribution in [0.4, 0.5) is 5.69 Å². The first-order chi connectivity index (χ1) is 12.9. The summed E-state index contributed by atoms with van der Waals surface area (Å²) in [5, 5.41) is 3.61. The number of benzene rings is 2. The highest BCUT2D eigenvalue weighted by Crippen LogP contribution is 2.40. The maximum Gasteiger partial charge on any atom is 0.258 e. The quantitative estimate of drug-likeness (QED) is 0.718. The second kappa shape index (κ2) is 7.47. The summed E-state index contributed by atoms with van der Waals surface area (Å²) in [5.41, 5.74) is 2.86. The van der Waals surface area contributed by atoms with E-state index in [2.05, 4.69) is 32.7 Å². The second-order valence-electron chi connectivity index (χ2n) is 7.45. The van der Waals surface area contributed by atoms with Crippen molar-refractivity contribution in [2.75, 3.05) is 11.9 Å². The molecule has 2 aromatic rings. The summed E-state index contributed by atoms with van der Waals surface area (Å²) in [6, 6.07) is 15.7. The molecule has 0 aromatic heterocycles. The normalized spacial score (nSPS) is 19.9. The van der Waals surface area contributed by atoms with Crippen molar-refractivity contribution in [1.82, 2.24) is 4.90 Å². The molecule has 4 heteroatoms. The van der Waals surface area contributed by atoms with Crippen molar-refractivity contribution < 1.29 is 9.53 Å². The number of carbonyl (C=O) groups is 1. The Morgan fingerprint density at radius 2 is 2.00 bits per heavy atom. The Bertz CT molecular complexity index is 861. The van der Waals surface area contributed by atoms with Crippen molar-refractivity contribution >= 4 is 11.6 Å². The van der Waals surface area contributed by atoms with E-state index < -0.39 is 5.66 Å². The average Bonchev–Trinajstić information content (AvgIpc) is 2.66. The Morgan fingerprint density at radius 1 is 1.26 bits per heavy atom. The molecule has 4 nitrogen and oxygen atoms in total. The van der Waals surface area contributed by atoms with Crippen LogP contribution in [0.1, 0.15) is 50.0 Å². The summed E-state index contributed by atoms with van der Waals surface area (Å²) in [6.07, 6.45) is 0.872. The number of para-hydroxylation sites is 1. The summed E-state index contributed by atoms with van der Waals surface area (Å²) in [6.45, 7) is 12.6. The minimum atomic E-state index is -0.663. The molecule has 2 aromatic carbocycles. The Kier molecular flexibility index (Phi) is 5.26. The predicted octanol–water partition coefficient (Wildman–Crippen LogP) is 5.18. The molecule has 1 aliphatic heterocycles. The SMILES string of the molecule is C=C(C)COc1cccc(C2(C)Nc3ccccc3C(=O)N2C(C)CC)c1. The van der Waals surface area contributed by atoms with Crippen molar-refractivity contribution in [3.8, 4) is 5.75 Å². The van der Waals surface area contributed by atoms with Crippen LogP contribution in [0, 0.1) is 0 Å². The van der Waals surface area contributed by atoms with Gasteiger partial charge in [0.1, 0.15) is 18.0 Å². The zero-order chi connectivity index (χ0) is 19.6. The number of rotatable bonds is 6. The Hall–Kier alpha value is -2.75. The number of fused-ring (bicyclic) bond motifs is 1. The number of nitrogens with one attached hydrogen (secondary N) is 1. The molecule has 0 radical (unpaired) electrons. The maximum absolute atomic E-state index is 13.3. The first-order valence-corrected chi connectivity index (χ1v) is 9.45. The van der Waals surface area contributed by atoms with Crippen LogP contribution in [0.5, 0.6) is 5.75 Å². The van der Waals surface area contributed by atoms with Crippen LogP contribution in [-0.4, -0.2) is 23.5 Å². The Labute approximate surface area is 161 Å². The van der Waals surface area contributed by atoms with Crippen LogP contribution in [-0.2, 0) is 5.66 Å². The molecule has 0 saturated carbocycles. The third-order valence-corrected chi connectivity index (χ3v) is 5.15. The van der Waals surface area contributed by atoms with Gasteiger partial charge in [0.15, 0.2) is 0 Å². The maximum atomic E-state index is 13.3. The molecular formula is C23H28N2O2. The molecule has 1 aliphatic rings. The van der Waals surface area contributed by atoms with Gasteiger partial charge in [0.25, 0.3) is 5.91 Å². The van der Waals surface area contributed by atoms with E-state index in [-0.39, 0.29) is 11.9 Å². The minimum absolute atomic E-state index is 0.0504.